The summed E-state index contributed by atoms with van der Waals surface area (Å²) in [5.41, 5.74) is 10.6. The molecule has 5 nitrogen and oxygen atoms in total. The fourth-order valence-corrected chi connectivity index (χ4v) is 0.677. The van der Waals surface area contributed by atoms with Crippen LogP contribution in [0.5, 0.6) is 0 Å². The molecular weight excluding hydrogens is 144 g/mol. The third-order valence-electron chi connectivity index (χ3n) is 1.17. The van der Waals surface area contributed by atoms with E-state index in [1.165, 1.54) is 6.20 Å². The van der Waals surface area contributed by atoms with Gasteiger partial charge in [-0.1, -0.05) is 0 Å². The molecule has 0 spiro atoms. The van der Waals surface area contributed by atoms with Gasteiger partial charge in [-0.25, -0.2) is 9.97 Å². The van der Waals surface area contributed by atoms with Crippen molar-refractivity contribution in [2.75, 3.05) is 5.73 Å². The van der Waals surface area contributed by atoms with Crippen molar-refractivity contribution in [3.05, 3.63) is 17.7 Å². The number of nitrogens with zero attached hydrogens (tertiary/aromatic N) is 2. The quantitative estimate of drug-likeness (QED) is 0.565. The van der Waals surface area contributed by atoms with Gasteiger partial charge in [0.1, 0.15) is 5.82 Å². The molecule has 1 amide bonds. The SMILES string of the molecule is Cc1ncc(N)c(C(N)=O)n1. The summed E-state index contributed by atoms with van der Waals surface area (Å²) in [6.45, 7) is 1.66. The summed E-state index contributed by atoms with van der Waals surface area (Å²) in [7, 11) is 0. The molecule has 1 aromatic heterocycles. The van der Waals surface area contributed by atoms with Gasteiger partial charge in [0.05, 0.1) is 11.9 Å². The molecule has 0 aliphatic rings. The molecule has 0 aliphatic carbocycles. The maximum Gasteiger partial charge on any atom is 0.269 e. The molecular formula is C6H8N4O. The molecule has 1 aromatic rings. The second-order valence-electron chi connectivity index (χ2n) is 2.09. The number of hydrogen-bond acceptors (Lipinski definition) is 4. The maximum absolute atomic E-state index is 10.6. The standard InChI is InChI=1S/C6H8N4O/c1-3-9-2-4(7)5(10-3)6(8)11/h2H,7H2,1H3,(H2,8,11). The number of hydrogen-bond donors (Lipinski definition) is 2. The van der Waals surface area contributed by atoms with Crippen molar-refractivity contribution in [1.29, 1.82) is 0 Å². The van der Waals surface area contributed by atoms with Crippen molar-refractivity contribution in [3.63, 3.8) is 0 Å². The van der Waals surface area contributed by atoms with Gasteiger partial charge in [-0.15, -0.1) is 0 Å². The minimum absolute atomic E-state index is 0.0810. The van der Waals surface area contributed by atoms with Gasteiger partial charge < -0.3 is 11.5 Å². The lowest BCUT2D eigenvalue weighted by Crippen LogP contribution is -2.16. The highest BCUT2D eigenvalue weighted by Crippen LogP contribution is 2.04. The summed E-state index contributed by atoms with van der Waals surface area (Å²) in [4.78, 5) is 18.2. The van der Waals surface area contributed by atoms with Gasteiger partial charge in [-0.2, -0.15) is 0 Å². The van der Waals surface area contributed by atoms with Crippen molar-refractivity contribution >= 4 is 11.6 Å². The lowest BCUT2D eigenvalue weighted by molar-refractivity contribution is 0.0996. The highest BCUT2D eigenvalue weighted by atomic mass is 16.1. The summed E-state index contributed by atoms with van der Waals surface area (Å²) in [6, 6.07) is 0. The first-order valence-corrected chi connectivity index (χ1v) is 3.00. The molecule has 0 fully saturated rings. The number of primary amides is 1. The van der Waals surface area contributed by atoms with Crippen molar-refractivity contribution in [2.24, 2.45) is 5.73 Å². The molecule has 0 aliphatic heterocycles. The fourth-order valence-electron chi connectivity index (χ4n) is 0.677. The molecule has 0 saturated carbocycles. The second-order valence-corrected chi connectivity index (χ2v) is 2.09. The molecule has 4 N–H and O–H groups in total. The third-order valence-corrected chi connectivity index (χ3v) is 1.17. The van der Waals surface area contributed by atoms with E-state index in [4.69, 9.17) is 11.5 Å². The number of nitrogens with two attached hydrogens (primary N) is 2. The van der Waals surface area contributed by atoms with Gasteiger partial charge in [-0.3, -0.25) is 4.79 Å². The van der Waals surface area contributed by atoms with Crippen molar-refractivity contribution in [1.82, 2.24) is 9.97 Å². The molecule has 11 heavy (non-hydrogen) atoms. The summed E-state index contributed by atoms with van der Waals surface area (Å²) < 4.78 is 0. The molecule has 0 radical (unpaired) electrons. The summed E-state index contributed by atoms with van der Waals surface area (Å²) in [6.07, 6.45) is 1.36. The van der Waals surface area contributed by atoms with Crippen LogP contribution in [0.15, 0.2) is 6.20 Å². The first kappa shape index (κ1) is 7.46. The Morgan fingerprint density at radius 3 is 2.73 bits per heavy atom. The summed E-state index contributed by atoms with van der Waals surface area (Å²) in [5.74, 6) is -0.152. The Morgan fingerprint density at radius 1 is 1.64 bits per heavy atom. The number of aryl methyl sites for hydroxylation is 1. The molecule has 5 heteroatoms. The van der Waals surface area contributed by atoms with E-state index < -0.39 is 5.91 Å². The largest absolute Gasteiger partial charge is 0.396 e. The minimum Gasteiger partial charge on any atom is -0.396 e. The van der Waals surface area contributed by atoms with E-state index in [1.54, 1.807) is 6.92 Å². The van der Waals surface area contributed by atoms with Crippen LogP contribution in [0.3, 0.4) is 0 Å². The third kappa shape index (κ3) is 1.43. The van der Waals surface area contributed by atoms with Crippen LogP contribution in [0, 0.1) is 6.92 Å². The summed E-state index contributed by atoms with van der Waals surface area (Å²) >= 11 is 0. The van der Waals surface area contributed by atoms with Gasteiger partial charge in [0, 0.05) is 0 Å². The monoisotopic (exact) mass is 152 g/mol. The molecule has 0 unspecified atom stereocenters. The Kier molecular flexibility index (Phi) is 1.72. The second kappa shape index (κ2) is 2.53. The number of anilines is 1. The first-order chi connectivity index (χ1) is 5.11. The van der Waals surface area contributed by atoms with E-state index in [9.17, 15) is 4.79 Å². The lowest BCUT2D eigenvalue weighted by Gasteiger charge is -1.99. The number of carbonyl (C=O) groups excluding carboxylic acids is 1. The molecule has 0 saturated heterocycles. The van der Waals surface area contributed by atoms with Crippen molar-refractivity contribution in [3.8, 4) is 0 Å². The van der Waals surface area contributed by atoms with Crippen LogP contribution in [0.4, 0.5) is 5.69 Å². The molecule has 0 atom stereocenters. The van der Waals surface area contributed by atoms with Crippen LogP contribution in [0.1, 0.15) is 16.3 Å². The van der Waals surface area contributed by atoms with E-state index in [0.29, 0.717) is 5.82 Å². The van der Waals surface area contributed by atoms with E-state index in [0.717, 1.165) is 0 Å². The van der Waals surface area contributed by atoms with Crippen LogP contribution < -0.4 is 11.5 Å². The Hall–Kier alpha value is -1.65. The average molecular weight is 152 g/mol. The minimum atomic E-state index is -0.631. The van der Waals surface area contributed by atoms with E-state index in [-0.39, 0.29) is 11.4 Å². The normalized spacial score (nSPS) is 9.55. The fraction of sp³-hybridized carbons (Fsp3) is 0.167. The zero-order chi connectivity index (χ0) is 8.43. The van der Waals surface area contributed by atoms with Crippen LogP contribution in [0.2, 0.25) is 0 Å². The Balaban J connectivity index is 3.23. The van der Waals surface area contributed by atoms with Gasteiger partial charge in [0.15, 0.2) is 5.69 Å². The number of aromatic nitrogens is 2. The van der Waals surface area contributed by atoms with Gasteiger partial charge in [0.25, 0.3) is 5.91 Å². The first-order valence-electron chi connectivity index (χ1n) is 3.00. The van der Waals surface area contributed by atoms with E-state index in [1.807, 2.05) is 0 Å². The highest BCUT2D eigenvalue weighted by Gasteiger charge is 2.06. The smallest absolute Gasteiger partial charge is 0.269 e. The van der Waals surface area contributed by atoms with E-state index >= 15 is 0 Å². The number of rotatable bonds is 1. The maximum atomic E-state index is 10.6. The average Bonchev–Trinajstić information content (AvgIpc) is 1.94. The van der Waals surface area contributed by atoms with Crippen LogP contribution in [-0.4, -0.2) is 15.9 Å². The van der Waals surface area contributed by atoms with Crippen molar-refractivity contribution < 1.29 is 4.79 Å². The Labute approximate surface area is 63.4 Å². The predicted molar refractivity (Wildman–Crippen MR) is 39.7 cm³/mol. The van der Waals surface area contributed by atoms with Gasteiger partial charge >= 0.3 is 0 Å². The molecule has 58 valence electrons. The Morgan fingerprint density at radius 2 is 2.27 bits per heavy atom. The zero-order valence-electron chi connectivity index (χ0n) is 6.03. The van der Waals surface area contributed by atoms with Gasteiger partial charge in [-0.05, 0) is 6.92 Å². The van der Waals surface area contributed by atoms with Crippen LogP contribution in [0.25, 0.3) is 0 Å². The summed E-state index contributed by atoms with van der Waals surface area (Å²) in [5, 5.41) is 0. The zero-order valence-corrected chi connectivity index (χ0v) is 6.03. The predicted octanol–water partition coefficient (Wildman–Crippen LogP) is -0.534. The number of nitrogen functional groups attached to an aromatic ring is 1. The highest BCUT2D eigenvalue weighted by molar-refractivity contribution is 5.95. The molecule has 0 bridgehead atoms. The lowest BCUT2D eigenvalue weighted by atomic mass is 10.3. The Bertz CT molecular complexity index is 297. The molecule has 1 heterocycles. The molecule has 1 rings (SSSR count). The van der Waals surface area contributed by atoms with Gasteiger partial charge in [0.2, 0.25) is 0 Å². The van der Waals surface area contributed by atoms with E-state index in [2.05, 4.69) is 9.97 Å². The number of carbonyl (C=O) groups is 1. The molecule has 0 aromatic carbocycles. The topological polar surface area (TPSA) is 94.9 Å². The number of amides is 1. The van der Waals surface area contributed by atoms with Crippen molar-refractivity contribution in [2.45, 2.75) is 6.92 Å². The van der Waals surface area contributed by atoms with Crippen LogP contribution >= 0.6 is 0 Å². The van der Waals surface area contributed by atoms with Crippen LogP contribution in [-0.2, 0) is 0 Å².